The van der Waals surface area contributed by atoms with E-state index in [1.54, 1.807) is 0 Å². The molecule has 0 aromatic heterocycles. The van der Waals surface area contributed by atoms with Gasteiger partial charge in [0.2, 0.25) is 0 Å². The SMILES string of the molecule is C[C@]1(N)OC(O)[C@@H](O)[C@H](O)[C@@H]1O. The smallest absolute Gasteiger partial charge is 0.185 e. The molecule has 72 valence electrons. The molecule has 1 aliphatic rings. The molecule has 1 unspecified atom stereocenters. The number of nitrogens with two attached hydrogens (primary N) is 1. The van der Waals surface area contributed by atoms with E-state index < -0.39 is 30.3 Å². The summed E-state index contributed by atoms with van der Waals surface area (Å²) >= 11 is 0. The number of aliphatic hydroxyl groups excluding tert-OH is 4. The zero-order valence-corrected chi connectivity index (χ0v) is 6.58. The summed E-state index contributed by atoms with van der Waals surface area (Å²) in [4.78, 5) is 0. The van der Waals surface area contributed by atoms with Crippen molar-refractivity contribution in [2.24, 2.45) is 5.73 Å². The Bertz CT molecular complexity index is 173. The first-order valence-electron chi connectivity index (χ1n) is 3.55. The number of ether oxygens (including phenoxy) is 1. The average Bonchev–Trinajstić information content (AvgIpc) is 1.97. The molecule has 0 aromatic rings. The average molecular weight is 179 g/mol. The third kappa shape index (κ3) is 1.45. The predicted octanol–water partition coefficient (Wildman–Crippen LogP) is -2.91. The van der Waals surface area contributed by atoms with Gasteiger partial charge in [-0.15, -0.1) is 0 Å². The lowest BCUT2D eigenvalue weighted by atomic mass is 9.96. The predicted molar refractivity (Wildman–Crippen MR) is 37.7 cm³/mol. The summed E-state index contributed by atoms with van der Waals surface area (Å²) in [5, 5.41) is 36.3. The van der Waals surface area contributed by atoms with E-state index in [1.165, 1.54) is 6.92 Å². The van der Waals surface area contributed by atoms with Crippen molar-refractivity contribution in [1.82, 2.24) is 0 Å². The van der Waals surface area contributed by atoms with Crippen molar-refractivity contribution in [3.8, 4) is 0 Å². The second kappa shape index (κ2) is 2.91. The lowest BCUT2D eigenvalue weighted by Crippen LogP contribution is -2.67. The molecule has 0 bridgehead atoms. The van der Waals surface area contributed by atoms with Crippen LogP contribution in [0.4, 0.5) is 0 Å². The second-order valence-corrected chi connectivity index (χ2v) is 3.12. The normalized spacial score (nSPS) is 55.5. The van der Waals surface area contributed by atoms with E-state index in [9.17, 15) is 5.11 Å². The van der Waals surface area contributed by atoms with Crippen molar-refractivity contribution in [3.63, 3.8) is 0 Å². The Labute approximate surface area is 69.2 Å². The first-order chi connectivity index (χ1) is 5.36. The van der Waals surface area contributed by atoms with Crippen LogP contribution in [-0.4, -0.2) is 50.8 Å². The van der Waals surface area contributed by atoms with Gasteiger partial charge in [-0.3, -0.25) is 0 Å². The van der Waals surface area contributed by atoms with Crippen LogP contribution in [0.25, 0.3) is 0 Å². The highest BCUT2D eigenvalue weighted by Gasteiger charge is 2.48. The van der Waals surface area contributed by atoms with Crippen molar-refractivity contribution in [1.29, 1.82) is 0 Å². The highest BCUT2D eigenvalue weighted by atomic mass is 16.7. The van der Waals surface area contributed by atoms with Crippen LogP contribution in [-0.2, 0) is 4.74 Å². The second-order valence-electron chi connectivity index (χ2n) is 3.12. The van der Waals surface area contributed by atoms with Crippen molar-refractivity contribution >= 4 is 0 Å². The minimum Gasteiger partial charge on any atom is -0.387 e. The molecule has 0 saturated carbocycles. The number of hydrogen-bond donors (Lipinski definition) is 5. The molecule has 6 nitrogen and oxygen atoms in total. The van der Waals surface area contributed by atoms with Crippen LogP contribution in [0.5, 0.6) is 0 Å². The maximum atomic E-state index is 9.22. The van der Waals surface area contributed by atoms with Crippen LogP contribution in [0.3, 0.4) is 0 Å². The van der Waals surface area contributed by atoms with Crippen LogP contribution >= 0.6 is 0 Å². The molecule has 6 heteroatoms. The van der Waals surface area contributed by atoms with Gasteiger partial charge in [-0.05, 0) is 6.92 Å². The quantitative estimate of drug-likeness (QED) is 0.272. The molecule has 0 aliphatic carbocycles. The molecule has 1 aliphatic heterocycles. The van der Waals surface area contributed by atoms with Gasteiger partial charge < -0.3 is 30.9 Å². The van der Waals surface area contributed by atoms with Gasteiger partial charge in [-0.2, -0.15) is 0 Å². The highest BCUT2D eigenvalue weighted by molar-refractivity contribution is 4.93. The van der Waals surface area contributed by atoms with Gasteiger partial charge in [-0.1, -0.05) is 0 Å². The molecule has 0 radical (unpaired) electrons. The lowest BCUT2D eigenvalue weighted by Gasteiger charge is -2.42. The molecule has 0 aromatic carbocycles. The fourth-order valence-electron chi connectivity index (χ4n) is 1.09. The van der Waals surface area contributed by atoms with E-state index in [1.807, 2.05) is 0 Å². The fourth-order valence-corrected chi connectivity index (χ4v) is 1.09. The van der Waals surface area contributed by atoms with Crippen LogP contribution in [0.1, 0.15) is 6.92 Å². The molecule has 0 spiro atoms. The van der Waals surface area contributed by atoms with Gasteiger partial charge >= 0.3 is 0 Å². The first-order valence-corrected chi connectivity index (χ1v) is 3.55. The Morgan fingerprint density at radius 1 is 1.17 bits per heavy atom. The molecular weight excluding hydrogens is 166 g/mol. The molecular formula is C6H13NO5. The van der Waals surface area contributed by atoms with Gasteiger partial charge in [-0.25, -0.2) is 0 Å². The monoisotopic (exact) mass is 179 g/mol. The van der Waals surface area contributed by atoms with Crippen molar-refractivity contribution in [2.75, 3.05) is 0 Å². The topological polar surface area (TPSA) is 116 Å². The zero-order chi connectivity index (χ0) is 9.52. The van der Waals surface area contributed by atoms with Crippen molar-refractivity contribution < 1.29 is 25.2 Å². The van der Waals surface area contributed by atoms with E-state index in [0.29, 0.717) is 0 Å². The van der Waals surface area contributed by atoms with E-state index >= 15 is 0 Å². The summed E-state index contributed by atoms with van der Waals surface area (Å²) in [5.41, 5.74) is 3.82. The van der Waals surface area contributed by atoms with Crippen LogP contribution < -0.4 is 5.73 Å². The molecule has 1 heterocycles. The molecule has 1 fully saturated rings. The summed E-state index contributed by atoms with van der Waals surface area (Å²) in [5.74, 6) is 0. The lowest BCUT2D eigenvalue weighted by molar-refractivity contribution is -0.313. The Kier molecular flexibility index (Phi) is 2.39. The third-order valence-electron chi connectivity index (χ3n) is 1.93. The molecule has 1 saturated heterocycles. The van der Waals surface area contributed by atoms with Crippen LogP contribution in [0.2, 0.25) is 0 Å². The van der Waals surface area contributed by atoms with E-state index in [-0.39, 0.29) is 0 Å². The van der Waals surface area contributed by atoms with Gasteiger partial charge in [0.1, 0.15) is 24.0 Å². The van der Waals surface area contributed by atoms with E-state index in [4.69, 9.17) is 21.1 Å². The summed E-state index contributed by atoms with van der Waals surface area (Å²) in [6, 6.07) is 0. The van der Waals surface area contributed by atoms with Gasteiger partial charge in [0.25, 0.3) is 0 Å². The molecule has 1 rings (SSSR count). The molecule has 5 atom stereocenters. The molecule has 12 heavy (non-hydrogen) atoms. The Morgan fingerprint density at radius 2 is 1.67 bits per heavy atom. The van der Waals surface area contributed by atoms with Crippen LogP contribution in [0, 0.1) is 0 Å². The Balaban J connectivity index is 2.78. The highest BCUT2D eigenvalue weighted by Crippen LogP contribution is 2.24. The maximum absolute atomic E-state index is 9.22. The third-order valence-corrected chi connectivity index (χ3v) is 1.93. The van der Waals surface area contributed by atoms with Crippen LogP contribution in [0.15, 0.2) is 0 Å². The summed E-state index contributed by atoms with van der Waals surface area (Å²) < 4.78 is 4.64. The van der Waals surface area contributed by atoms with E-state index in [0.717, 1.165) is 0 Å². The van der Waals surface area contributed by atoms with Gasteiger partial charge in [0.15, 0.2) is 6.29 Å². The largest absolute Gasteiger partial charge is 0.387 e. The number of hydrogen-bond acceptors (Lipinski definition) is 6. The fraction of sp³-hybridized carbons (Fsp3) is 1.00. The van der Waals surface area contributed by atoms with Gasteiger partial charge in [0.05, 0.1) is 0 Å². The summed E-state index contributed by atoms with van der Waals surface area (Å²) in [7, 11) is 0. The van der Waals surface area contributed by atoms with Crippen molar-refractivity contribution in [2.45, 2.75) is 37.3 Å². The minimum atomic E-state index is -1.57. The number of aliphatic hydroxyl groups is 4. The standard InChI is InChI=1S/C6H13NO5/c1-6(7)4(10)2(8)3(9)5(11)12-6/h2-5,8-11H,7H2,1H3/t2-,3-,4-,5?,6-/m0/s1. The number of rotatable bonds is 0. The first kappa shape index (κ1) is 9.85. The zero-order valence-electron chi connectivity index (χ0n) is 6.58. The Hall–Kier alpha value is -0.240. The molecule has 6 N–H and O–H groups in total. The summed E-state index contributed by atoms with van der Waals surface area (Å²) in [6.45, 7) is 1.30. The minimum absolute atomic E-state index is 1.30. The van der Waals surface area contributed by atoms with Crippen molar-refractivity contribution in [3.05, 3.63) is 0 Å². The van der Waals surface area contributed by atoms with Gasteiger partial charge in [0, 0.05) is 0 Å². The maximum Gasteiger partial charge on any atom is 0.185 e. The van der Waals surface area contributed by atoms with E-state index in [2.05, 4.69) is 4.74 Å². The Morgan fingerprint density at radius 3 is 2.17 bits per heavy atom. The summed E-state index contributed by atoms with van der Waals surface area (Å²) in [6.07, 6.45) is -6.02. The molecule has 0 amide bonds.